The quantitative estimate of drug-likeness (QED) is 0.655. The largest absolute Gasteiger partial charge is 0.380 e. The van der Waals surface area contributed by atoms with Gasteiger partial charge in [-0.25, -0.2) is 17.8 Å². The Labute approximate surface area is 176 Å². The molecule has 1 fully saturated rings. The lowest BCUT2D eigenvalue weighted by atomic mass is 9.58. The van der Waals surface area contributed by atoms with Gasteiger partial charge in [0.25, 0.3) is 5.56 Å². The molecule has 1 aliphatic rings. The molecule has 0 aromatic carbocycles. The minimum absolute atomic E-state index is 0.220. The van der Waals surface area contributed by atoms with Crippen LogP contribution in [0.3, 0.4) is 0 Å². The van der Waals surface area contributed by atoms with Crippen molar-refractivity contribution in [3.63, 3.8) is 0 Å². The van der Waals surface area contributed by atoms with Gasteiger partial charge >= 0.3 is 0 Å². The molecule has 0 bridgehead atoms. The summed E-state index contributed by atoms with van der Waals surface area (Å²) in [4.78, 5) is 12.6. The lowest BCUT2D eigenvalue weighted by Crippen LogP contribution is -2.48. The molecule has 2 N–H and O–H groups in total. The molecule has 0 saturated heterocycles. The van der Waals surface area contributed by atoms with Crippen LogP contribution in [0.5, 0.6) is 0 Å². The second kappa shape index (κ2) is 8.44. The summed E-state index contributed by atoms with van der Waals surface area (Å²) in [6.07, 6.45) is 2.53. The molecule has 1 heterocycles. The fourth-order valence-corrected chi connectivity index (χ4v) is 5.70. The van der Waals surface area contributed by atoms with Gasteiger partial charge < -0.3 is 5.32 Å². The third-order valence-corrected chi connectivity index (χ3v) is 8.69. The molecule has 0 spiro atoms. The van der Waals surface area contributed by atoms with Crippen LogP contribution in [0.2, 0.25) is 0 Å². The van der Waals surface area contributed by atoms with Gasteiger partial charge in [-0.1, -0.05) is 34.6 Å². The number of aromatic nitrogens is 2. The van der Waals surface area contributed by atoms with Gasteiger partial charge in [0, 0.05) is 12.1 Å². The predicted molar refractivity (Wildman–Crippen MR) is 117 cm³/mol. The molecule has 9 heteroatoms. The molecule has 1 aromatic rings. The Kier molecular flexibility index (Phi) is 7.04. The third-order valence-electron chi connectivity index (χ3n) is 6.51. The normalized spacial score (nSPS) is 27.8. The minimum atomic E-state index is -3.64. The Hall–Kier alpha value is -0.930. The standard InChI is InChI=1S/C19H33BrN4O3S/c1-11(2)23-28(26,27)10-24-18(25)17(20)16(9-21-24)22-15-8-12(3)19(6,7)14(5)13(15)4/h9,11-15,22-23H,8,10H2,1-7H3/t12-,13+,14+,15+/m0/s1. The highest BCUT2D eigenvalue weighted by Gasteiger charge is 2.43. The van der Waals surface area contributed by atoms with E-state index in [1.807, 2.05) is 0 Å². The molecule has 0 unspecified atom stereocenters. The van der Waals surface area contributed by atoms with Gasteiger partial charge in [0.1, 0.15) is 4.47 Å². The van der Waals surface area contributed by atoms with E-state index in [4.69, 9.17) is 0 Å². The first kappa shape index (κ1) is 23.3. The van der Waals surface area contributed by atoms with E-state index in [1.54, 1.807) is 13.8 Å². The highest BCUT2D eigenvalue weighted by atomic mass is 79.9. The second-order valence-corrected chi connectivity index (χ2v) is 11.6. The van der Waals surface area contributed by atoms with Crippen LogP contribution in [-0.2, 0) is 15.9 Å². The maximum absolute atomic E-state index is 12.6. The van der Waals surface area contributed by atoms with E-state index < -0.39 is 21.5 Å². The average Bonchev–Trinajstić information content (AvgIpc) is 2.56. The van der Waals surface area contributed by atoms with Crippen molar-refractivity contribution in [1.82, 2.24) is 14.5 Å². The summed E-state index contributed by atoms with van der Waals surface area (Å²) in [6.45, 7) is 14.9. The fourth-order valence-electron chi connectivity index (χ4n) is 3.98. The number of hydrogen-bond acceptors (Lipinski definition) is 5. The zero-order chi connectivity index (χ0) is 21.4. The molecule has 1 aromatic heterocycles. The van der Waals surface area contributed by atoms with E-state index in [9.17, 15) is 13.2 Å². The van der Waals surface area contributed by atoms with Crippen molar-refractivity contribution in [2.75, 3.05) is 5.32 Å². The zero-order valence-corrected chi connectivity index (χ0v) is 20.2. The highest BCUT2D eigenvalue weighted by Crippen LogP contribution is 2.48. The van der Waals surface area contributed by atoms with Crippen molar-refractivity contribution < 1.29 is 8.42 Å². The summed E-state index contributed by atoms with van der Waals surface area (Å²) < 4.78 is 27.9. The fraction of sp³-hybridized carbons (Fsp3) is 0.789. The van der Waals surface area contributed by atoms with E-state index in [0.29, 0.717) is 27.9 Å². The van der Waals surface area contributed by atoms with E-state index in [2.05, 4.69) is 65.7 Å². The molecule has 7 nitrogen and oxygen atoms in total. The number of hydrogen-bond donors (Lipinski definition) is 2. The molecule has 4 atom stereocenters. The highest BCUT2D eigenvalue weighted by molar-refractivity contribution is 9.10. The van der Waals surface area contributed by atoms with Crippen LogP contribution in [-0.4, -0.2) is 30.3 Å². The smallest absolute Gasteiger partial charge is 0.284 e. The lowest BCUT2D eigenvalue weighted by Gasteiger charge is -2.50. The maximum atomic E-state index is 12.6. The van der Waals surface area contributed by atoms with Gasteiger partial charge in [0.2, 0.25) is 10.0 Å². The van der Waals surface area contributed by atoms with E-state index in [1.165, 1.54) is 6.20 Å². The molecule has 2 rings (SSSR count). The Bertz CT molecular complexity index is 866. The predicted octanol–water partition coefficient (Wildman–Crippen LogP) is 3.41. The average molecular weight is 477 g/mol. The first-order chi connectivity index (χ1) is 12.8. The second-order valence-electron chi connectivity index (χ2n) is 9.05. The van der Waals surface area contributed by atoms with Crippen LogP contribution in [0.4, 0.5) is 5.69 Å². The van der Waals surface area contributed by atoms with Gasteiger partial charge in [-0.15, -0.1) is 0 Å². The lowest BCUT2D eigenvalue weighted by molar-refractivity contribution is 0.0316. The van der Waals surface area contributed by atoms with Crippen LogP contribution in [0, 0.1) is 23.2 Å². The molecule has 0 radical (unpaired) electrons. The van der Waals surface area contributed by atoms with E-state index in [-0.39, 0.29) is 17.5 Å². The van der Waals surface area contributed by atoms with Crippen LogP contribution in [0.1, 0.15) is 54.9 Å². The Morgan fingerprint density at radius 3 is 2.50 bits per heavy atom. The maximum Gasteiger partial charge on any atom is 0.284 e. The third kappa shape index (κ3) is 4.97. The summed E-state index contributed by atoms with van der Waals surface area (Å²) >= 11 is 3.34. The van der Waals surface area contributed by atoms with Gasteiger partial charge in [-0.05, 0) is 59.4 Å². The number of anilines is 1. The first-order valence-electron chi connectivity index (χ1n) is 9.78. The Morgan fingerprint density at radius 2 is 1.93 bits per heavy atom. The molecule has 1 aliphatic carbocycles. The number of halogens is 1. The van der Waals surface area contributed by atoms with Crippen LogP contribution in [0.15, 0.2) is 15.5 Å². The molecule has 0 aliphatic heterocycles. The van der Waals surface area contributed by atoms with Crippen LogP contribution >= 0.6 is 15.9 Å². The van der Waals surface area contributed by atoms with Gasteiger partial charge in [0.15, 0.2) is 5.88 Å². The van der Waals surface area contributed by atoms with E-state index in [0.717, 1.165) is 11.1 Å². The van der Waals surface area contributed by atoms with Gasteiger partial charge in [0.05, 0.1) is 11.9 Å². The summed E-state index contributed by atoms with van der Waals surface area (Å²) in [6, 6.07) is -0.0242. The van der Waals surface area contributed by atoms with Gasteiger partial charge in [-0.3, -0.25) is 4.79 Å². The zero-order valence-electron chi connectivity index (χ0n) is 17.8. The first-order valence-corrected chi connectivity index (χ1v) is 12.2. The van der Waals surface area contributed by atoms with Crippen molar-refractivity contribution in [2.45, 2.75) is 72.8 Å². The van der Waals surface area contributed by atoms with Crippen LogP contribution < -0.4 is 15.6 Å². The number of sulfonamides is 1. The number of nitrogens with one attached hydrogen (secondary N) is 2. The Morgan fingerprint density at radius 1 is 1.32 bits per heavy atom. The number of nitrogens with zero attached hydrogens (tertiary/aromatic N) is 2. The van der Waals surface area contributed by atoms with Crippen molar-refractivity contribution in [1.29, 1.82) is 0 Å². The summed E-state index contributed by atoms with van der Waals surface area (Å²) in [5.41, 5.74) is 0.393. The number of rotatable bonds is 6. The molecular formula is C19H33BrN4O3S. The van der Waals surface area contributed by atoms with Crippen LogP contribution in [0.25, 0.3) is 0 Å². The Balaban J connectivity index is 2.23. The molecule has 160 valence electrons. The molecule has 1 saturated carbocycles. The van der Waals surface area contributed by atoms with Gasteiger partial charge in [-0.2, -0.15) is 5.10 Å². The van der Waals surface area contributed by atoms with E-state index >= 15 is 0 Å². The molecule has 28 heavy (non-hydrogen) atoms. The van der Waals surface area contributed by atoms with Crippen molar-refractivity contribution in [3.05, 3.63) is 21.0 Å². The topological polar surface area (TPSA) is 93.1 Å². The summed E-state index contributed by atoms with van der Waals surface area (Å²) in [5, 5.41) is 7.55. The van der Waals surface area contributed by atoms with Crippen molar-refractivity contribution in [2.24, 2.45) is 23.2 Å². The molecular weight excluding hydrogens is 444 g/mol. The molecule has 0 amide bonds. The van der Waals surface area contributed by atoms with Crippen molar-refractivity contribution in [3.8, 4) is 0 Å². The summed E-state index contributed by atoms with van der Waals surface area (Å²) in [7, 11) is -3.64. The minimum Gasteiger partial charge on any atom is -0.380 e. The monoisotopic (exact) mass is 476 g/mol. The van der Waals surface area contributed by atoms with Crippen molar-refractivity contribution >= 4 is 31.6 Å². The SMILES string of the molecule is CC(C)NS(=O)(=O)Cn1ncc(N[C@@H]2C[C@H](C)C(C)(C)[C@H](C)[C@H]2C)c(Br)c1=O. The summed E-state index contributed by atoms with van der Waals surface area (Å²) in [5.74, 6) is 0.977.